The van der Waals surface area contributed by atoms with E-state index in [1.54, 1.807) is 0 Å². The number of benzene rings is 3. The molecule has 0 aromatic heterocycles. The molecule has 148 valence electrons. The molecule has 0 saturated heterocycles. The number of nitrogens with zero attached hydrogens (tertiary/aromatic N) is 1. The van der Waals surface area contributed by atoms with E-state index in [1.807, 2.05) is 0 Å². The lowest BCUT2D eigenvalue weighted by Gasteiger charge is -2.43. The summed E-state index contributed by atoms with van der Waals surface area (Å²) in [6, 6.07) is 24.7. The summed E-state index contributed by atoms with van der Waals surface area (Å²) in [6.07, 6.45) is 4.41. The molecule has 1 aliphatic heterocycles. The van der Waals surface area contributed by atoms with Crippen molar-refractivity contribution in [2.45, 2.75) is 45.6 Å². The van der Waals surface area contributed by atoms with Crippen LogP contribution in [-0.2, 0) is 11.0 Å². The first-order valence-electron chi connectivity index (χ1n) is 10.4. The smallest absolute Gasteiger partial charge is 0.0877 e. The van der Waals surface area contributed by atoms with Crippen molar-refractivity contribution < 1.29 is 0 Å². The molecule has 0 fully saturated rings. The Hall–Kier alpha value is -2.80. The second-order valence-corrected chi connectivity index (χ2v) is 9.44. The molecule has 0 spiro atoms. The molecule has 0 N–H and O–H groups in total. The fraction of sp³-hybridized carbons (Fsp3) is 0.286. The molecule has 1 atom stereocenters. The van der Waals surface area contributed by atoms with Gasteiger partial charge < -0.3 is 4.90 Å². The van der Waals surface area contributed by atoms with Crippen LogP contribution < -0.4 is 0 Å². The van der Waals surface area contributed by atoms with Gasteiger partial charge in [-0.2, -0.15) is 0 Å². The summed E-state index contributed by atoms with van der Waals surface area (Å²) in [4.78, 5) is 2.34. The zero-order valence-electron chi connectivity index (χ0n) is 18.5. The van der Waals surface area contributed by atoms with Crippen LogP contribution in [-0.4, -0.2) is 11.9 Å². The molecule has 1 heterocycles. The zero-order valence-corrected chi connectivity index (χ0v) is 18.5. The van der Waals surface area contributed by atoms with E-state index in [0.29, 0.717) is 0 Å². The molecule has 0 aliphatic carbocycles. The first kappa shape index (κ1) is 19.5. The van der Waals surface area contributed by atoms with Crippen LogP contribution >= 0.6 is 0 Å². The lowest BCUT2D eigenvalue weighted by Crippen LogP contribution is -2.41. The monoisotopic (exact) mass is 381 g/mol. The summed E-state index contributed by atoms with van der Waals surface area (Å²) in [7, 11) is 2.18. The van der Waals surface area contributed by atoms with Crippen molar-refractivity contribution in [2.75, 3.05) is 7.05 Å². The van der Waals surface area contributed by atoms with E-state index in [0.717, 1.165) is 0 Å². The predicted octanol–water partition coefficient (Wildman–Crippen LogP) is 7.14. The van der Waals surface area contributed by atoms with Gasteiger partial charge in [-0.1, -0.05) is 81.4 Å². The van der Waals surface area contributed by atoms with Gasteiger partial charge in [-0.05, 0) is 70.3 Å². The largest absolute Gasteiger partial charge is 0.367 e. The van der Waals surface area contributed by atoms with E-state index in [2.05, 4.69) is 126 Å². The summed E-state index contributed by atoms with van der Waals surface area (Å²) < 4.78 is 0. The molecule has 1 nitrogen and oxygen atoms in total. The van der Waals surface area contributed by atoms with Gasteiger partial charge >= 0.3 is 0 Å². The molecule has 0 saturated carbocycles. The van der Waals surface area contributed by atoms with Gasteiger partial charge in [0.05, 0.1) is 5.54 Å². The van der Waals surface area contributed by atoms with Crippen LogP contribution in [0.25, 0.3) is 17.2 Å². The summed E-state index contributed by atoms with van der Waals surface area (Å²) in [6.45, 7) is 11.3. The quantitative estimate of drug-likeness (QED) is 0.456. The highest BCUT2D eigenvalue weighted by Crippen LogP contribution is 2.42. The third-order valence-corrected chi connectivity index (χ3v) is 6.51. The number of rotatable bonds is 2. The highest BCUT2D eigenvalue weighted by Gasteiger charge is 2.36. The van der Waals surface area contributed by atoms with Crippen LogP contribution in [0.1, 0.15) is 55.5 Å². The molecule has 4 rings (SSSR count). The maximum Gasteiger partial charge on any atom is 0.0877 e. The van der Waals surface area contributed by atoms with Gasteiger partial charge in [0.25, 0.3) is 0 Å². The average Bonchev–Trinajstić information content (AvgIpc) is 2.71. The Labute approximate surface area is 175 Å². The highest BCUT2D eigenvalue weighted by atomic mass is 15.2. The van der Waals surface area contributed by atoms with Crippen molar-refractivity contribution in [3.63, 3.8) is 0 Å². The number of fused-ring (bicyclic) bond motifs is 1. The summed E-state index contributed by atoms with van der Waals surface area (Å²) in [5.41, 5.74) is 9.21. The molecule has 3 aromatic carbocycles. The van der Waals surface area contributed by atoms with Crippen molar-refractivity contribution in [3.8, 4) is 11.1 Å². The Bertz CT molecular complexity index is 1070. The van der Waals surface area contributed by atoms with Crippen LogP contribution in [0.2, 0.25) is 0 Å². The molecule has 1 aliphatic rings. The third kappa shape index (κ3) is 3.29. The van der Waals surface area contributed by atoms with Gasteiger partial charge in [-0.3, -0.25) is 0 Å². The average molecular weight is 382 g/mol. The number of aryl methyl sites for hydroxylation is 1. The molecular weight excluding hydrogens is 350 g/mol. The standard InChI is InChI=1S/C28H31N/c1-20-11-12-23(21-13-15-24(16-14-21)27(2,3)4)19-26(20)28(5)25-10-8-7-9-22(25)17-18-29(28)6/h7-19H,1-6H3. The van der Waals surface area contributed by atoms with Gasteiger partial charge in [-0.25, -0.2) is 0 Å². The van der Waals surface area contributed by atoms with E-state index < -0.39 is 0 Å². The number of hydrogen-bond donors (Lipinski definition) is 0. The van der Waals surface area contributed by atoms with E-state index in [4.69, 9.17) is 0 Å². The maximum atomic E-state index is 2.38. The van der Waals surface area contributed by atoms with Crippen molar-refractivity contribution in [1.82, 2.24) is 4.90 Å². The fourth-order valence-electron chi connectivity index (χ4n) is 4.44. The minimum absolute atomic E-state index is 0.172. The molecule has 0 bridgehead atoms. The van der Waals surface area contributed by atoms with Gasteiger partial charge in [0.1, 0.15) is 0 Å². The first-order chi connectivity index (χ1) is 13.7. The molecule has 0 radical (unpaired) electrons. The van der Waals surface area contributed by atoms with Crippen molar-refractivity contribution in [1.29, 1.82) is 0 Å². The summed E-state index contributed by atoms with van der Waals surface area (Å²) >= 11 is 0. The molecular formula is C28H31N. The Morgan fingerprint density at radius 3 is 2.14 bits per heavy atom. The van der Waals surface area contributed by atoms with Crippen LogP contribution in [0, 0.1) is 6.92 Å². The Morgan fingerprint density at radius 1 is 0.793 bits per heavy atom. The van der Waals surface area contributed by atoms with E-state index >= 15 is 0 Å². The maximum absolute atomic E-state index is 2.38. The molecule has 1 heteroatoms. The van der Waals surface area contributed by atoms with E-state index in [-0.39, 0.29) is 11.0 Å². The molecule has 0 amide bonds. The topological polar surface area (TPSA) is 3.24 Å². The van der Waals surface area contributed by atoms with Crippen LogP contribution in [0.3, 0.4) is 0 Å². The Balaban J connectivity index is 1.83. The summed E-state index contributed by atoms with van der Waals surface area (Å²) in [5.74, 6) is 0. The Morgan fingerprint density at radius 2 is 1.45 bits per heavy atom. The van der Waals surface area contributed by atoms with E-state index in [9.17, 15) is 0 Å². The summed E-state index contributed by atoms with van der Waals surface area (Å²) in [5, 5.41) is 0. The van der Waals surface area contributed by atoms with Crippen LogP contribution in [0.15, 0.2) is 72.9 Å². The van der Waals surface area contributed by atoms with Gasteiger partial charge in [0, 0.05) is 13.2 Å². The minimum atomic E-state index is -0.198. The SMILES string of the molecule is Cc1ccc(-c2ccc(C(C)(C)C)cc2)cc1C1(C)c2ccccc2C=CN1C. The van der Waals surface area contributed by atoms with Crippen molar-refractivity contribution >= 4 is 6.08 Å². The van der Waals surface area contributed by atoms with Gasteiger partial charge in [-0.15, -0.1) is 0 Å². The number of hydrogen-bond acceptors (Lipinski definition) is 1. The Kier molecular flexibility index (Phi) is 4.65. The molecule has 29 heavy (non-hydrogen) atoms. The van der Waals surface area contributed by atoms with E-state index in [1.165, 1.54) is 38.9 Å². The fourth-order valence-corrected chi connectivity index (χ4v) is 4.44. The van der Waals surface area contributed by atoms with Crippen molar-refractivity contribution in [2.24, 2.45) is 0 Å². The predicted molar refractivity (Wildman–Crippen MR) is 125 cm³/mol. The minimum Gasteiger partial charge on any atom is -0.367 e. The molecule has 3 aromatic rings. The lowest BCUT2D eigenvalue weighted by molar-refractivity contribution is 0.251. The zero-order chi connectivity index (χ0) is 20.8. The van der Waals surface area contributed by atoms with Crippen molar-refractivity contribution in [3.05, 3.63) is 101 Å². The van der Waals surface area contributed by atoms with Crippen LogP contribution in [0.4, 0.5) is 0 Å². The van der Waals surface area contributed by atoms with Gasteiger partial charge in [0.15, 0.2) is 0 Å². The second-order valence-electron chi connectivity index (χ2n) is 9.44. The van der Waals surface area contributed by atoms with Crippen LogP contribution in [0.5, 0.6) is 0 Å². The molecule has 1 unspecified atom stereocenters. The third-order valence-electron chi connectivity index (χ3n) is 6.51. The lowest BCUT2D eigenvalue weighted by atomic mass is 9.76. The second kappa shape index (κ2) is 6.91. The normalized spacial score (nSPS) is 18.6. The highest BCUT2D eigenvalue weighted by molar-refractivity contribution is 5.68. The first-order valence-corrected chi connectivity index (χ1v) is 10.4. The van der Waals surface area contributed by atoms with Gasteiger partial charge in [0.2, 0.25) is 0 Å².